The predicted molar refractivity (Wildman–Crippen MR) is 81.8 cm³/mol. The van der Waals surface area contributed by atoms with Gasteiger partial charge in [-0.15, -0.1) is 0 Å². The van der Waals surface area contributed by atoms with Gasteiger partial charge in [0, 0.05) is 10.9 Å². The Morgan fingerprint density at radius 2 is 2.10 bits per heavy atom. The number of nitrogens with two attached hydrogens (primary N) is 1. The molecule has 0 bridgehead atoms. The van der Waals surface area contributed by atoms with Crippen molar-refractivity contribution in [2.45, 2.75) is 26.2 Å². The van der Waals surface area contributed by atoms with Gasteiger partial charge in [0.15, 0.2) is 0 Å². The molecule has 0 heterocycles. The van der Waals surface area contributed by atoms with Crippen molar-refractivity contribution in [2.75, 3.05) is 11.9 Å². The van der Waals surface area contributed by atoms with Crippen LogP contribution in [0.3, 0.4) is 0 Å². The van der Waals surface area contributed by atoms with Crippen molar-refractivity contribution in [1.82, 2.24) is 0 Å². The molecule has 0 aromatic heterocycles. The van der Waals surface area contributed by atoms with Gasteiger partial charge in [-0.05, 0) is 59.4 Å². The van der Waals surface area contributed by atoms with E-state index in [1.165, 1.54) is 12.1 Å². The molecule has 1 unspecified atom stereocenters. The van der Waals surface area contributed by atoms with Crippen LogP contribution in [0.1, 0.15) is 36.5 Å². The maximum absolute atomic E-state index is 11.8. The molecular formula is C14H19BrN2O3. The highest BCUT2D eigenvalue weighted by Gasteiger charge is 2.11. The van der Waals surface area contributed by atoms with Crippen LogP contribution >= 0.6 is 15.9 Å². The molecule has 0 fully saturated rings. The fraction of sp³-hybridized carbons (Fsp3) is 0.429. The number of carbonyl (C=O) groups excluding carboxylic acids is 1. The van der Waals surface area contributed by atoms with Crippen molar-refractivity contribution in [3.8, 4) is 0 Å². The number of carboxylic acid groups (broad SMARTS) is 1. The van der Waals surface area contributed by atoms with Gasteiger partial charge in [-0.25, -0.2) is 4.79 Å². The van der Waals surface area contributed by atoms with Gasteiger partial charge in [0.2, 0.25) is 5.91 Å². The predicted octanol–water partition coefficient (Wildman–Crippen LogP) is 2.85. The SMILES string of the molecule is CC(CCN)CCC(=O)Nc1cc(C(=O)O)ccc1Br. The topological polar surface area (TPSA) is 92.4 Å². The Morgan fingerprint density at radius 1 is 1.40 bits per heavy atom. The van der Waals surface area contributed by atoms with Crippen LogP contribution in [0.15, 0.2) is 22.7 Å². The van der Waals surface area contributed by atoms with Gasteiger partial charge in [-0.3, -0.25) is 4.79 Å². The fourth-order valence-electron chi connectivity index (χ4n) is 1.77. The summed E-state index contributed by atoms with van der Waals surface area (Å²) in [4.78, 5) is 22.7. The summed E-state index contributed by atoms with van der Waals surface area (Å²) in [5.74, 6) is -0.749. The number of carboxylic acids is 1. The molecule has 1 amide bonds. The Hall–Kier alpha value is -1.40. The Morgan fingerprint density at radius 3 is 2.70 bits per heavy atom. The molecule has 0 aliphatic heterocycles. The highest BCUT2D eigenvalue weighted by Crippen LogP contribution is 2.24. The summed E-state index contributed by atoms with van der Waals surface area (Å²) in [7, 11) is 0. The molecule has 1 atom stereocenters. The Labute approximate surface area is 126 Å². The number of rotatable bonds is 7. The first-order valence-corrected chi connectivity index (χ1v) is 7.26. The number of halogens is 1. The summed E-state index contributed by atoms with van der Waals surface area (Å²) in [5, 5.41) is 11.7. The van der Waals surface area contributed by atoms with Crippen LogP contribution in [0.25, 0.3) is 0 Å². The minimum atomic E-state index is -1.02. The second kappa shape index (κ2) is 8.01. The van der Waals surface area contributed by atoms with Crippen LogP contribution < -0.4 is 11.1 Å². The summed E-state index contributed by atoms with van der Waals surface area (Å²) in [6, 6.07) is 4.52. The summed E-state index contributed by atoms with van der Waals surface area (Å²) in [5.41, 5.74) is 6.07. The largest absolute Gasteiger partial charge is 0.478 e. The third-order valence-corrected chi connectivity index (χ3v) is 3.70. The van der Waals surface area contributed by atoms with E-state index in [0.29, 0.717) is 29.0 Å². The van der Waals surface area contributed by atoms with Crippen LogP contribution in [-0.2, 0) is 4.79 Å². The van der Waals surface area contributed by atoms with E-state index in [-0.39, 0.29) is 11.5 Å². The third kappa shape index (κ3) is 5.30. The molecule has 1 aromatic rings. The molecule has 20 heavy (non-hydrogen) atoms. The van der Waals surface area contributed by atoms with Crippen LogP contribution in [0, 0.1) is 5.92 Å². The standard InChI is InChI=1S/C14H19BrN2O3/c1-9(6-7-16)2-5-13(18)17-12-8-10(14(19)20)3-4-11(12)15/h3-4,8-9H,2,5-7,16H2,1H3,(H,17,18)(H,19,20). The lowest BCUT2D eigenvalue weighted by atomic mass is 10.0. The monoisotopic (exact) mass is 342 g/mol. The number of carbonyl (C=O) groups is 2. The number of hydrogen-bond donors (Lipinski definition) is 3. The van der Waals surface area contributed by atoms with Gasteiger partial charge in [0.1, 0.15) is 0 Å². The van der Waals surface area contributed by atoms with Crippen molar-refractivity contribution in [2.24, 2.45) is 11.7 Å². The molecule has 0 saturated heterocycles. The van der Waals surface area contributed by atoms with Gasteiger partial charge in [-0.1, -0.05) is 6.92 Å². The highest BCUT2D eigenvalue weighted by molar-refractivity contribution is 9.10. The molecule has 4 N–H and O–H groups in total. The van der Waals surface area contributed by atoms with E-state index in [4.69, 9.17) is 10.8 Å². The summed E-state index contributed by atoms with van der Waals surface area (Å²) in [6.45, 7) is 2.68. The molecule has 1 aromatic carbocycles. The number of amides is 1. The van der Waals surface area contributed by atoms with Gasteiger partial charge >= 0.3 is 5.97 Å². The van der Waals surface area contributed by atoms with E-state index in [1.807, 2.05) is 0 Å². The molecule has 0 aliphatic rings. The van der Waals surface area contributed by atoms with Crippen LogP contribution in [0.4, 0.5) is 5.69 Å². The second-order valence-electron chi connectivity index (χ2n) is 4.77. The Balaban J connectivity index is 2.61. The molecule has 0 saturated carbocycles. The zero-order chi connectivity index (χ0) is 15.1. The molecule has 1 rings (SSSR count). The second-order valence-corrected chi connectivity index (χ2v) is 5.62. The number of nitrogens with one attached hydrogen (secondary N) is 1. The molecule has 0 radical (unpaired) electrons. The van der Waals surface area contributed by atoms with E-state index in [0.717, 1.165) is 12.8 Å². The van der Waals surface area contributed by atoms with E-state index in [9.17, 15) is 9.59 Å². The molecular weight excluding hydrogens is 324 g/mol. The van der Waals surface area contributed by atoms with Gasteiger partial charge in [0.05, 0.1) is 11.3 Å². The van der Waals surface area contributed by atoms with Gasteiger partial charge in [-0.2, -0.15) is 0 Å². The van der Waals surface area contributed by atoms with E-state index >= 15 is 0 Å². The van der Waals surface area contributed by atoms with Crippen LogP contribution in [0.2, 0.25) is 0 Å². The van der Waals surface area contributed by atoms with Gasteiger partial charge < -0.3 is 16.2 Å². The van der Waals surface area contributed by atoms with Crippen molar-refractivity contribution >= 4 is 33.5 Å². The lowest BCUT2D eigenvalue weighted by Gasteiger charge is -2.11. The summed E-state index contributed by atoms with van der Waals surface area (Å²) in [6.07, 6.45) is 2.05. The van der Waals surface area contributed by atoms with E-state index < -0.39 is 5.97 Å². The summed E-state index contributed by atoms with van der Waals surface area (Å²) >= 11 is 3.29. The quantitative estimate of drug-likeness (QED) is 0.710. The smallest absolute Gasteiger partial charge is 0.335 e. The maximum atomic E-state index is 11.8. The number of aromatic carboxylic acids is 1. The first kappa shape index (κ1) is 16.7. The highest BCUT2D eigenvalue weighted by atomic mass is 79.9. The van der Waals surface area contributed by atoms with Crippen LogP contribution in [0.5, 0.6) is 0 Å². The third-order valence-electron chi connectivity index (χ3n) is 3.01. The molecule has 0 aliphatic carbocycles. The van der Waals surface area contributed by atoms with Crippen molar-refractivity contribution in [3.63, 3.8) is 0 Å². The maximum Gasteiger partial charge on any atom is 0.335 e. The first-order valence-electron chi connectivity index (χ1n) is 6.46. The summed E-state index contributed by atoms with van der Waals surface area (Å²) < 4.78 is 0.658. The number of hydrogen-bond acceptors (Lipinski definition) is 3. The van der Waals surface area contributed by atoms with Gasteiger partial charge in [0.25, 0.3) is 0 Å². The zero-order valence-corrected chi connectivity index (χ0v) is 12.9. The lowest BCUT2D eigenvalue weighted by Crippen LogP contribution is -2.14. The molecule has 110 valence electrons. The first-order chi connectivity index (χ1) is 9.43. The Bertz CT molecular complexity index is 491. The molecule has 5 nitrogen and oxygen atoms in total. The molecule has 0 spiro atoms. The average Bonchev–Trinajstić information content (AvgIpc) is 2.39. The van der Waals surface area contributed by atoms with Crippen molar-refractivity contribution < 1.29 is 14.7 Å². The minimum absolute atomic E-state index is 0.128. The average molecular weight is 343 g/mol. The van der Waals surface area contributed by atoms with Crippen molar-refractivity contribution in [3.05, 3.63) is 28.2 Å². The van der Waals surface area contributed by atoms with Crippen molar-refractivity contribution in [1.29, 1.82) is 0 Å². The Kier molecular flexibility index (Phi) is 6.67. The fourth-order valence-corrected chi connectivity index (χ4v) is 2.12. The van der Waals surface area contributed by atoms with E-state index in [1.54, 1.807) is 6.07 Å². The number of benzene rings is 1. The lowest BCUT2D eigenvalue weighted by molar-refractivity contribution is -0.116. The molecule has 6 heteroatoms. The van der Waals surface area contributed by atoms with E-state index in [2.05, 4.69) is 28.2 Å². The minimum Gasteiger partial charge on any atom is -0.478 e. The van der Waals surface area contributed by atoms with Crippen LogP contribution in [-0.4, -0.2) is 23.5 Å². The zero-order valence-electron chi connectivity index (χ0n) is 11.4. The normalized spacial score (nSPS) is 11.9. The number of anilines is 1.